The number of halogens is 1. The second-order valence-electron chi connectivity index (χ2n) is 4.56. The molecule has 0 aliphatic carbocycles. The monoisotopic (exact) mass is 371 g/mol. The van der Waals surface area contributed by atoms with Crippen molar-refractivity contribution in [3.63, 3.8) is 0 Å². The van der Waals surface area contributed by atoms with Crippen molar-refractivity contribution in [2.75, 3.05) is 17.2 Å². The Morgan fingerprint density at radius 2 is 2.15 bits per heavy atom. The summed E-state index contributed by atoms with van der Waals surface area (Å²) in [4.78, 5) is 4.54. The first-order valence-electron chi connectivity index (χ1n) is 6.27. The van der Waals surface area contributed by atoms with Crippen molar-refractivity contribution in [3.8, 4) is 11.5 Å². The van der Waals surface area contributed by atoms with Crippen molar-refractivity contribution >= 4 is 45.1 Å². The Hall–Kier alpha value is -0.660. The van der Waals surface area contributed by atoms with E-state index in [9.17, 15) is 0 Å². The Bertz CT molecular complexity index is 619. The minimum atomic E-state index is 0.291. The van der Waals surface area contributed by atoms with Crippen molar-refractivity contribution in [2.24, 2.45) is 0 Å². The maximum atomic E-state index is 5.98. The molecule has 2 unspecified atom stereocenters. The van der Waals surface area contributed by atoms with Gasteiger partial charge in [0.05, 0.1) is 10.8 Å². The number of nitrogens with zero attached hydrogens (tertiary/aromatic N) is 2. The van der Waals surface area contributed by atoms with E-state index in [2.05, 4.69) is 33.0 Å². The molecule has 1 fully saturated rings. The number of benzene rings is 1. The first kappa shape index (κ1) is 14.3. The summed E-state index contributed by atoms with van der Waals surface area (Å²) in [5.41, 5.74) is 7.40. The SMILES string of the molecule is CC1SCCSC1c1noc(-c2cc(Br)ccc2N)n1. The molecule has 2 aromatic rings. The fourth-order valence-electron chi connectivity index (χ4n) is 2.09. The molecule has 2 N–H and O–H groups in total. The standard InChI is InChI=1S/C13H14BrN3OS2/c1-7-11(20-5-4-19-7)12-16-13(18-17-12)9-6-8(14)2-3-10(9)15/h2-3,6-7,11H,4-5,15H2,1H3. The van der Waals surface area contributed by atoms with E-state index in [0.29, 0.717) is 22.1 Å². The van der Waals surface area contributed by atoms with Crippen molar-refractivity contribution < 1.29 is 4.52 Å². The summed E-state index contributed by atoms with van der Waals surface area (Å²) in [5.74, 6) is 3.57. The van der Waals surface area contributed by atoms with Gasteiger partial charge in [-0.1, -0.05) is 28.0 Å². The largest absolute Gasteiger partial charge is 0.398 e. The number of thioether (sulfide) groups is 2. The van der Waals surface area contributed by atoms with Crippen LogP contribution in [0.5, 0.6) is 0 Å². The van der Waals surface area contributed by atoms with Gasteiger partial charge in [-0.05, 0) is 18.2 Å². The molecule has 0 saturated carbocycles. The van der Waals surface area contributed by atoms with Crippen LogP contribution in [0.4, 0.5) is 5.69 Å². The summed E-state index contributed by atoms with van der Waals surface area (Å²) in [6.07, 6.45) is 0. The highest BCUT2D eigenvalue weighted by Crippen LogP contribution is 2.41. The van der Waals surface area contributed by atoms with Gasteiger partial charge in [0.1, 0.15) is 0 Å². The van der Waals surface area contributed by atoms with Crippen LogP contribution in [0.25, 0.3) is 11.5 Å². The first-order chi connectivity index (χ1) is 9.65. The van der Waals surface area contributed by atoms with Gasteiger partial charge in [0, 0.05) is 26.9 Å². The first-order valence-corrected chi connectivity index (χ1v) is 9.16. The van der Waals surface area contributed by atoms with Gasteiger partial charge in [0.2, 0.25) is 0 Å². The van der Waals surface area contributed by atoms with Gasteiger partial charge in [0.15, 0.2) is 5.82 Å². The van der Waals surface area contributed by atoms with E-state index in [0.717, 1.165) is 21.6 Å². The van der Waals surface area contributed by atoms with E-state index in [4.69, 9.17) is 10.3 Å². The number of rotatable bonds is 2. The normalized spacial score (nSPS) is 22.9. The topological polar surface area (TPSA) is 64.9 Å². The zero-order valence-corrected chi connectivity index (χ0v) is 14.1. The molecule has 2 heterocycles. The number of anilines is 1. The van der Waals surface area contributed by atoms with Crippen LogP contribution in [0.2, 0.25) is 0 Å². The van der Waals surface area contributed by atoms with Crippen LogP contribution < -0.4 is 5.73 Å². The van der Waals surface area contributed by atoms with E-state index >= 15 is 0 Å². The van der Waals surface area contributed by atoms with Crippen LogP contribution in [-0.2, 0) is 0 Å². The molecule has 1 aliphatic rings. The summed E-state index contributed by atoms with van der Waals surface area (Å²) >= 11 is 7.28. The number of aromatic nitrogens is 2. The average molecular weight is 372 g/mol. The minimum absolute atomic E-state index is 0.291. The molecule has 7 heteroatoms. The average Bonchev–Trinajstić information content (AvgIpc) is 2.91. The van der Waals surface area contributed by atoms with Crippen LogP contribution in [0.15, 0.2) is 27.2 Å². The highest BCUT2D eigenvalue weighted by Gasteiger charge is 2.28. The third-order valence-corrected chi connectivity index (χ3v) is 6.71. The van der Waals surface area contributed by atoms with Gasteiger partial charge in [-0.3, -0.25) is 0 Å². The minimum Gasteiger partial charge on any atom is -0.398 e. The van der Waals surface area contributed by atoms with E-state index in [-0.39, 0.29) is 0 Å². The summed E-state index contributed by atoms with van der Waals surface area (Å²) < 4.78 is 6.35. The van der Waals surface area contributed by atoms with Gasteiger partial charge < -0.3 is 10.3 Å². The smallest absolute Gasteiger partial charge is 0.260 e. The van der Waals surface area contributed by atoms with Crippen LogP contribution >= 0.6 is 39.5 Å². The maximum Gasteiger partial charge on any atom is 0.260 e. The number of nitrogen functional groups attached to an aromatic ring is 1. The zero-order valence-electron chi connectivity index (χ0n) is 10.9. The molecule has 4 nitrogen and oxygen atoms in total. The Balaban J connectivity index is 1.91. The summed E-state index contributed by atoms with van der Waals surface area (Å²) in [7, 11) is 0. The van der Waals surface area contributed by atoms with Crippen LogP contribution in [-0.4, -0.2) is 26.9 Å². The van der Waals surface area contributed by atoms with Gasteiger partial charge >= 0.3 is 0 Å². The van der Waals surface area contributed by atoms with Crippen molar-refractivity contribution in [1.82, 2.24) is 10.1 Å². The molecule has 1 saturated heterocycles. The number of nitrogens with two attached hydrogens (primary N) is 1. The lowest BCUT2D eigenvalue weighted by atomic mass is 10.2. The van der Waals surface area contributed by atoms with Gasteiger partial charge in [-0.2, -0.15) is 16.7 Å². The Labute approximate surface area is 134 Å². The van der Waals surface area contributed by atoms with E-state index < -0.39 is 0 Å². The third-order valence-electron chi connectivity index (χ3n) is 3.13. The molecule has 1 aromatic heterocycles. The van der Waals surface area contributed by atoms with E-state index in [1.165, 1.54) is 5.75 Å². The molecular formula is C13H14BrN3OS2. The Kier molecular flexibility index (Phi) is 4.28. The van der Waals surface area contributed by atoms with Crippen molar-refractivity contribution in [2.45, 2.75) is 17.4 Å². The lowest BCUT2D eigenvalue weighted by Gasteiger charge is -2.24. The lowest BCUT2D eigenvalue weighted by molar-refractivity contribution is 0.422. The molecule has 0 radical (unpaired) electrons. The fraction of sp³-hybridized carbons (Fsp3) is 0.385. The Morgan fingerprint density at radius 3 is 2.95 bits per heavy atom. The molecule has 0 spiro atoms. The molecule has 1 aliphatic heterocycles. The number of hydrogen-bond donors (Lipinski definition) is 1. The third kappa shape index (κ3) is 2.84. The van der Waals surface area contributed by atoms with Gasteiger partial charge in [-0.15, -0.1) is 11.8 Å². The highest BCUT2D eigenvalue weighted by molar-refractivity contribution is 9.10. The second kappa shape index (κ2) is 5.99. The molecule has 0 amide bonds. The predicted molar refractivity (Wildman–Crippen MR) is 89.0 cm³/mol. The van der Waals surface area contributed by atoms with E-state index in [1.807, 2.05) is 41.7 Å². The highest BCUT2D eigenvalue weighted by atomic mass is 79.9. The quantitative estimate of drug-likeness (QED) is 0.805. The van der Waals surface area contributed by atoms with Crippen LogP contribution in [0.1, 0.15) is 18.0 Å². The number of hydrogen-bond acceptors (Lipinski definition) is 6. The summed E-state index contributed by atoms with van der Waals surface area (Å²) in [5, 5.41) is 4.94. The van der Waals surface area contributed by atoms with Crippen LogP contribution in [0, 0.1) is 0 Å². The molecule has 106 valence electrons. The predicted octanol–water partition coefficient (Wildman–Crippen LogP) is 3.99. The van der Waals surface area contributed by atoms with Crippen LogP contribution in [0.3, 0.4) is 0 Å². The molecule has 3 rings (SSSR count). The van der Waals surface area contributed by atoms with Crippen molar-refractivity contribution in [1.29, 1.82) is 0 Å². The van der Waals surface area contributed by atoms with Gasteiger partial charge in [0.25, 0.3) is 5.89 Å². The Morgan fingerprint density at radius 1 is 1.35 bits per heavy atom. The maximum absolute atomic E-state index is 5.98. The fourth-order valence-corrected chi connectivity index (χ4v) is 5.13. The molecular weight excluding hydrogens is 358 g/mol. The van der Waals surface area contributed by atoms with Crippen molar-refractivity contribution in [3.05, 3.63) is 28.5 Å². The molecule has 0 bridgehead atoms. The summed E-state index contributed by atoms with van der Waals surface area (Å²) in [6, 6.07) is 5.63. The van der Waals surface area contributed by atoms with E-state index in [1.54, 1.807) is 0 Å². The van der Waals surface area contributed by atoms with Gasteiger partial charge in [-0.25, -0.2) is 0 Å². The lowest BCUT2D eigenvalue weighted by Crippen LogP contribution is -2.16. The second-order valence-corrected chi connectivity index (χ2v) is 8.21. The molecule has 2 atom stereocenters. The molecule has 1 aromatic carbocycles. The molecule has 20 heavy (non-hydrogen) atoms. The zero-order chi connectivity index (χ0) is 14.1. The summed E-state index contributed by atoms with van der Waals surface area (Å²) in [6.45, 7) is 2.21.